The molecule has 0 radical (unpaired) electrons. The highest BCUT2D eigenvalue weighted by molar-refractivity contribution is 4.98. The fourth-order valence-electron chi connectivity index (χ4n) is 3.16. The zero-order chi connectivity index (χ0) is 11.2. The molecule has 2 nitrogen and oxygen atoms in total. The maximum Gasteiger partial charge on any atom is 0.0499 e. The van der Waals surface area contributed by atoms with Gasteiger partial charge in [0.1, 0.15) is 0 Å². The van der Waals surface area contributed by atoms with Crippen LogP contribution in [0.2, 0.25) is 0 Å². The Kier molecular flexibility index (Phi) is 2.08. The Morgan fingerprint density at radius 3 is 2.20 bits per heavy atom. The highest BCUT2D eigenvalue weighted by Crippen LogP contribution is 2.50. The van der Waals surface area contributed by atoms with Crippen molar-refractivity contribution in [2.75, 3.05) is 26.2 Å². The first-order chi connectivity index (χ1) is 7.65. The molecule has 3 rings (SSSR count). The van der Waals surface area contributed by atoms with Crippen molar-refractivity contribution in [3.63, 3.8) is 0 Å². The van der Waals surface area contributed by atoms with Gasteiger partial charge in [-0.15, -0.1) is 0 Å². The summed E-state index contributed by atoms with van der Waals surface area (Å²) < 4.78 is 7.66. The van der Waals surface area contributed by atoms with E-state index in [0.717, 1.165) is 19.4 Å². The average molecular weight is 211 g/mol. The van der Waals surface area contributed by atoms with Crippen molar-refractivity contribution in [1.29, 1.82) is 0 Å². The zero-order valence-electron chi connectivity index (χ0n) is 10.5. The van der Waals surface area contributed by atoms with Gasteiger partial charge >= 0.3 is 0 Å². The van der Waals surface area contributed by atoms with Crippen molar-refractivity contribution < 1.29 is 6.48 Å². The van der Waals surface area contributed by atoms with Gasteiger partial charge < -0.3 is 10.0 Å². The molecule has 2 aliphatic carbocycles. The van der Waals surface area contributed by atoms with Crippen LogP contribution in [0.15, 0.2) is 0 Å². The number of aliphatic hydroxyl groups is 1. The summed E-state index contributed by atoms with van der Waals surface area (Å²) in [7, 11) is 0. The molecule has 0 unspecified atom stereocenters. The van der Waals surface area contributed by atoms with Crippen LogP contribution in [0.4, 0.5) is 0 Å². The number of hydrogen-bond donors (Lipinski definition) is 1. The normalized spacial score (nSPS) is 34.9. The van der Waals surface area contributed by atoms with Crippen LogP contribution >= 0.6 is 0 Å². The van der Waals surface area contributed by atoms with Crippen molar-refractivity contribution in [2.45, 2.75) is 44.9 Å². The molecule has 3 fully saturated rings. The fraction of sp³-hybridized carbons (Fsp3) is 1.00. The summed E-state index contributed by atoms with van der Waals surface area (Å²) in [6.07, 6.45) is 7.56. The van der Waals surface area contributed by atoms with Crippen molar-refractivity contribution in [3.8, 4) is 0 Å². The van der Waals surface area contributed by atoms with Gasteiger partial charge in [-0.3, -0.25) is 0 Å². The topological polar surface area (TPSA) is 23.5 Å². The van der Waals surface area contributed by atoms with E-state index in [4.69, 9.17) is 1.37 Å². The third-order valence-electron chi connectivity index (χ3n) is 4.92. The molecule has 0 atom stereocenters. The van der Waals surface area contributed by atoms with Gasteiger partial charge in [0.2, 0.25) is 0 Å². The second-order valence-corrected chi connectivity index (χ2v) is 6.13. The lowest BCUT2D eigenvalue weighted by Gasteiger charge is -2.48. The van der Waals surface area contributed by atoms with E-state index in [0.29, 0.717) is 12.0 Å². The number of likely N-dealkylation sites (tertiary alicyclic amines) is 1. The molecule has 2 saturated carbocycles. The van der Waals surface area contributed by atoms with Crippen LogP contribution in [-0.2, 0) is 0 Å². The van der Waals surface area contributed by atoms with E-state index >= 15 is 0 Å². The summed E-state index contributed by atoms with van der Waals surface area (Å²) in [5.74, 6) is 0. The molecule has 1 N–H and O–H groups in total. The molecule has 1 spiro atoms. The lowest BCUT2D eigenvalue weighted by Crippen LogP contribution is -2.45. The van der Waals surface area contributed by atoms with Gasteiger partial charge in [0.25, 0.3) is 0 Å². The summed E-state index contributed by atoms with van der Waals surface area (Å²) in [5, 5.41) is 9.33. The highest BCUT2D eigenvalue weighted by Gasteiger charge is 2.45. The second-order valence-electron chi connectivity index (χ2n) is 6.13. The minimum absolute atomic E-state index is 0.235. The zero-order valence-corrected chi connectivity index (χ0v) is 9.54. The Labute approximate surface area is 94.1 Å². The predicted octanol–water partition coefficient (Wildman–Crippen LogP) is 2.02. The van der Waals surface area contributed by atoms with Crippen molar-refractivity contribution in [1.82, 2.24) is 4.90 Å². The van der Waals surface area contributed by atoms with E-state index in [1.807, 2.05) is 0 Å². The maximum atomic E-state index is 9.33. The standard InChI is InChI=1S/C13H23NO/c15-11-13(4-5-13)10-14-8-6-12(7-9-14)2-1-3-12/h15H,1-11H2/i1T. The third-order valence-corrected chi connectivity index (χ3v) is 4.92. The molecular weight excluding hydrogens is 186 g/mol. The first-order valence-corrected chi connectivity index (χ1v) is 6.41. The number of hydrogen-bond acceptors (Lipinski definition) is 2. The Hall–Kier alpha value is -0.0800. The molecule has 15 heavy (non-hydrogen) atoms. The number of aliphatic hydroxyl groups excluding tert-OH is 1. The van der Waals surface area contributed by atoms with E-state index < -0.39 is 0 Å². The van der Waals surface area contributed by atoms with E-state index in [2.05, 4.69) is 4.90 Å². The molecule has 0 aromatic carbocycles. The van der Waals surface area contributed by atoms with E-state index in [1.54, 1.807) is 0 Å². The van der Waals surface area contributed by atoms with Crippen molar-refractivity contribution in [2.24, 2.45) is 10.8 Å². The predicted molar refractivity (Wildman–Crippen MR) is 60.7 cm³/mol. The SMILES string of the molecule is [3H]C1CC2(CCN(CC3(CO)CC3)CC2)C1. The molecule has 0 aromatic heterocycles. The van der Waals surface area contributed by atoms with Crippen molar-refractivity contribution in [3.05, 3.63) is 0 Å². The molecule has 86 valence electrons. The van der Waals surface area contributed by atoms with Gasteiger partial charge in [-0.05, 0) is 57.0 Å². The fourth-order valence-corrected chi connectivity index (χ4v) is 3.16. The lowest BCUT2D eigenvalue weighted by atomic mass is 9.63. The minimum atomic E-state index is 0.235. The van der Waals surface area contributed by atoms with E-state index in [-0.39, 0.29) is 11.8 Å². The van der Waals surface area contributed by atoms with Gasteiger partial charge in [0, 0.05) is 19.9 Å². The number of piperidine rings is 1. The molecule has 2 heteroatoms. The minimum Gasteiger partial charge on any atom is -0.396 e. The molecular formula is C13H23NO. The first kappa shape index (κ1) is 9.00. The molecule has 1 heterocycles. The third kappa shape index (κ3) is 1.83. The molecule has 1 aliphatic heterocycles. The summed E-state index contributed by atoms with van der Waals surface area (Å²) in [4.78, 5) is 2.55. The van der Waals surface area contributed by atoms with Crippen LogP contribution in [0.25, 0.3) is 0 Å². The summed E-state index contributed by atoms with van der Waals surface area (Å²) in [6.45, 7) is 3.90. The van der Waals surface area contributed by atoms with Crippen LogP contribution in [0.5, 0.6) is 0 Å². The largest absolute Gasteiger partial charge is 0.396 e. The molecule has 0 amide bonds. The Balaban J connectivity index is 1.48. The molecule has 3 aliphatic rings. The first-order valence-electron chi connectivity index (χ1n) is 6.99. The summed E-state index contributed by atoms with van der Waals surface area (Å²) in [6, 6.07) is 0. The van der Waals surface area contributed by atoms with Gasteiger partial charge in [-0.1, -0.05) is 6.40 Å². The Morgan fingerprint density at radius 2 is 1.73 bits per heavy atom. The Bertz CT molecular complexity index is 261. The van der Waals surface area contributed by atoms with Crippen LogP contribution in [0.1, 0.15) is 46.3 Å². The lowest BCUT2D eigenvalue weighted by molar-refractivity contribution is 0.0207. The van der Waals surface area contributed by atoms with Gasteiger partial charge in [0.15, 0.2) is 0 Å². The van der Waals surface area contributed by atoms with Crippen LogP contribution in [0, 0.1) is 10.8 Å². The van der Waals surface area contributed by atoms with Crippen LogP contribution < -0.4 is 0 Å². The smallest absolute Gasteiger partial charge is 0.0499 e. The molecule has 0 aromatic rings. The quantitative estimate of drug-likeness (QED) is 0.772. The Morgan fingerprint density at radius 1 is 1.07 bits per heavy atom. The summed E-state index contributed by atoms with van der Waals surface area (Å²) >= 11 is 0. The maximum absolute atomic E-state index is 9.33. The number of rotatable bonds is 3. The van der Waals surface area contributed by atoms with Crippen LogP contribution in [0.3, 0.4) is 0 Å². The van der Waals surface area contributed by atoms with Gasteiger partial charge in [-0.25, -0.2) is 0 Å². The summed E-state index contributed by atoms with van der Waals surface area (Å²) in [5.41, 5.74) is 0.834. The number of nitrogens with zero attached hydrogens (tertiary/aromatic N) is 1. The monoisotopic (exact) mass is 211 g/mol. The van der Waals surface area contributed by atoms with Gasteiger partial charge in [-0.2, -0.15) is 0 Å². The van der Waals surface area contributed by atoms with Crippen molar-refractivity contribution >= 4 is 0 Å². The molecule has 1 saturated heterocycles. The second kappa shape index (κ2) is 3.46. The molecule has 0 bridgehead atoms. The average Bonchev–Trinajstić information content (AvgIpc) is 3.00. The van der Waals surface area contributed by atoms with Gasteiger partial charge in [0.05, 0.1) is 0 Å². The van der Waals surface area contributed by atoms with Crippen LogP contribution in [-0.4, -0.2) is 36.2 Å². The highest BCUT2D eigenvalue weighted by atomic mass is 16.3. The van der Waals surface area contributed by atoms with E-state index in [1.165, 1.54) is 38.8 Å². The van der Waals surface area contributed by atoms with E-state index in [9.17, 15) is 5.11 Å².